The first kappa shape index (κ1) is 15.1. The van der Waals surface area contributed by atoms with Crippen molar-refractivity contribution in [2.45, 2.75) is 33.6 Å². The summed E-state index contributed by atoms with van der Waals surface area (Å²) in [6, 6.07) is 11.9. The van der Waals surface area contributed by atoms with Crippen LogP contribution in [0.1, 0.15) is 28.7 Å². The summed E-state index contributed by atoms with van der Waals surface area (Å²) in [6.45, 7) is 5.99. The van der Waals surface area contributed by atoms with Crippen molar-refractivity contribution >= 4 is 17.3 Å². The van der Waals surface area contributed by atoms with E-state index in [-0.39, 0.29) is 5.91 Å². The van der Waals surface area contributed by atoms with Gasteiger partial charge < -0.3 is 11.1 Å². The van der Waals surface area contributed by atoms with E-state index in [1.54, 1.807) is 0 Å². The number of amides is 1. The molecule has 3 nitrogen and oxygen atoms in total. The van der Waals surface area contributed by atoms with E-state index < -0.39 is 0 Å². The van der Waals surface area contributed by atoms with Crippen LogP contribution >= 0.6 is 0 Å². The number of anilines is 2. The molecule has 3 N–H and O–H groups in total. The average Bonchev–Trinajstić information content (AvgIpc) is 2.42. The van der Waals surface area contributed by atoms with Gasteiger partial charge in [0.05, 0.1) is 0 Å². The highest BCUT2D eigenvalue weighted by Gasteiger charge is 2.09. The smallest absolute Gasteiger partial charge is 0.224 e. The van der Waals surface area contributed by atoms with Gasteiger partial charge in [-0.05, 0) is 61.6 Å². The first-order chi connectivity index (χ1) is 9.97. The Hall–Kier alpha value is -2.29. The zero-order chi connectivity index (χ0) is 15.4. The number of rotatable bonds is 4. The van der Waals surface area contributed by atoms with Gasteiger partial charge in [-0.3, -0.25) is 4.79 Å². The minimum absolute atomic E-state index is 0.0363. The van der Waals surface area contributed by atoms with Crippen LogP contribution in [0.25, 0.3) is 0 Å². The van der Waals surface area contributed by atoms with E-state index in [1.807, 2.05) is 38.1 Å². The van der Waals surface area contributed by atoms with Crippen LogP contribution in [0.4, 0.5) is 11.4 Å². The van der Waals surface area contributed by atoms with Gasteiger partial charge in [-0.25, -0.2) is 0 Å². The molecule has 2 rings (SSSR count). The Bertz CT molecular complexity index is 639. The summed E-state index contributed by atoms with van der Waals surface area (Å²) in [5, 5.41) is 3.00. The highest BCUT2D eigenvalue weighted by Crippen LogP contribution is 2.23. The maximum absolute atomic E-state index is 12.1. The van der Waals surface area contributed by atoms with E-state index in [0.717, 1.165) is 28.9 Å². The number of benzene rings is 2. The first-order valence-corrected chi connectivity index (χ1v) is 7.18. The highest BCUT2D eigenvalue weighted by molar-refractivity contribution is 5.92. The third-order valence-electron chi connectivity index (χ3n) is 3.70. The monoisotopic (exact) mass is 282 g/mol. The van der Waals surface area contributed by atoms with Gasteiger partial charge in [0.1, 0.15) is 0 Å². The zero-order valence-corrected chi connectivity index (χ0v) is 12.9. The lowest BCUT2D eigenvalue weighted by atomic mass is 10.0. The molecule has 0 aliphatic rings. The van der Waals surface area contributed by atoms with Gasteiger partial charge in [0, 0.05) is 17.8 Å². The van der Waals surface area contributed by atoms with E-state index in [4.69, 9.17) is 5.73 Å². The summed E-state index contributed by atoms with van der Waals surface area (Å²) in [7, 11) is 0. The molecule has 0 aliphatic carbocycles. The van der Waals surface area contributed by atoms with Crippen molar-refractivity contribution in [1.29, 1.82) is 0 Å². The summed E-state index contributed by atoms with van der Waals surface area (Å²) >= 11 is 0. The number of hydrogen-bond donors (Lipinski definition) is 2. The van der Waals surface area contributed by atoms with Gasteiger partial charge in [0.25, 0.3) is 0 Å². The number of hydrogen-bond acceptors (Lipinski definition) is 2. The molecule has 110 valence electrons. The van der Waals surface area contributed by atoms with Crippen molar-refractivity contribution in [3.8, 4) is 0 Å². The Kier molecular flexibility index (Phi) is 4.63. The van der Waals surface area contributed by atoms with E-state index >= 15 is 0 Å². The minimum atomic E-state index is 0.0363. The topological polar surface area (TPSA) is 55.1 Å². The Morgan fingerprint density at radius 2 is 1.67 bits per heavy atom. The molecule has 0 spiro atoms. The van der Waals surface area contributed by atoms with Crippen LogP contribution in [0, 0.1) is 20.8 Å². The summed E-state index contributed by atoms with van der Waals surface area (Å²) in [5.41, 5.74) is 11.8. The maximum Gasteiger partial charge on any atom is 0.224 e. The van der Waals surface area contributed by atoms with Crippen LogP contribution in [0.3, 0.4) is 0 Å². The average molecular weight is 282 g/mol. The number of carbonyl (C=O) groups is 1. The second-order valence-electron chi connectivity index (χ2n) is 5.50. The molecule has 0 radical (unpaired) electrons. The normalized spacial score (nSPS) is 10.4. The maximum atomic E-state index is 12.1. The predicted octanol–water partition coefficient (Wildman–Crippen LogP) is 3.77. The van der Waals surface area contributed by atoms with Gasteiger partial charge in [-0.2, -0.15) is 0 Å². The molecular formula is C18H22N2O. The minimum Gasteiger partial charge on any atom is -0.399 e. The van der Waals surface area contributed by atoms with E-state index in [1.165, 1.54) is 11.1 Å². The second-order valence-corrected chi connectivity index (χ2v) is 5.50. The van der Waals surface area contributed by atoms with Crippen LogP contribution in [0.2, 0.25) is 0 Å². The fourth-order valence-electron chi connectivity index (χ4n) is 2.53. The fourth-order valence-corrected chi connectivity index (χ4v) is 2.53. The molecule has 0 atom stereocenters. The van der Waals surface area contributed by atoms with Crippen LogP contribution in [0.5, 0.6) is 0 Å². The van der Waals surface area contributed by atoms with Crippen molar-refractivity contribution in [1.82, 2.24) is 0 Å². The zero-order valence-electron chi connectivity index (χ0n) is 12.9. The van der Waals surface area contributed by atoms with Gasteiger partial charge in [-0.15, -0.1) is 0 Å². The molecule has 2 aromatic carbocycles. The molecule has 0 saturated heterocycles. The molecule has 0 bridgehead atoms. The summed E-state index contributed by atoms with van der Waals surface area (Å²) < 4.78 is 0. The molecule has 0 unspecified atom stereocenters. The van der Waals surface area contributed by atoms with Gasteiger partial charge >= 0.3 is 0 Å². The van der Waals surface area contributed by atoms with Crippen molar-refractivity contribution in [2.75, 3.05) is 11.1 Å². The number of nitrogens with two attached hydrogens (primary N) is 1. The lowest BCUT2D eigenvalue weighted by Gasteiger charge is -2.13. The SMILES string of the molecule is Cc1ccccc1CCC(=O)Nc1c(C)cc(N)cc1C. The third kappa shape index (κ3) is 3.85. The molecule has 0 aliphatic heterocycles. The van der Waals surface area contributed by atoms with Crippen LogP contribution in [-0.4, -0.2) is 5.91 Å². The van der Waals surface area contributed by atoms with E-state index in [9.17, 15) is 4.79 Å². The lowest BCUT2D eigenvalue weighted by Crippen LogP contribution is -2.14. The van der Waals surface area contributed by atoms with Crippen LogP contribution < -0.4 is 11.1 Å². The largest absolute Gasteiger partial charge is 0.399 e. The van der Waals surface area contributed by atoms with Gasteiger partial charge in [-0.1, -0.05) is 24.3 Å². The second kappa shape index (κ2) is 6.44. The number of nitrogen functional groups attached to an aromatic ring is 1. The summed E-state index contributed by atoms with van der Waals surface area (Å²) in [6.07, 6.45) is 1.24. The van der Waals surface area contributed by atoms with Crippen molar-refractivity contribution in [3.63, 3.8) is 0 Å². The highest BCUT2D eigenvalue weighted by atomic mass is 16.1. The molecular weight excluding hydrogens is 260 g/mol. The van der Waals surface area contributed by atoms with E-state index in [2.05, 4.69) is 24.4 Å². The Labute approximate surface area is 126 Å². The number of aryl methyl sites for hydroxylation is 4. The Balaban J connectivity index is 2.01. The standard InChI is InChI=1S/C18H22N2O/c1-12-6-4-5-7-15(12)8-9-17(21)20-18-13(2)10-16(19)11-14(18)3/h4-7,10-11H,8-9,19H2,1-3H3,(H,20,21). The predicted molar refractivity (Wildman–Crippen MR) is 88.5 cm³/mol. The fraction of sp³-hybridized carbons (Fsp3) is 0.278. The quantitative estimate of drug-likeness (QED) is 0.839. The lowest BCUT2D eigenvalue weighted by molar-refractivity contribution is -0.116. The molecule has 0 heterocycles. The van der Waals surface area contributed by atoms with Gasteiger partial charge in [0.2, 0.25) is 5.91 Å². The van der Waals surface area contributed by atoms with Crippen molar-refractivity contribution < 1.29 is 4.79 Å². The molecule has 2 aromatic rings. The molecule has 0 saturated carbocycles. The van der Waals surface area contributed by atoms with E-state index in [0.29, 0.717) is 6.42 Å². The van der Waals surface area contributed by atoms with Crippen molar-refractivity contribution in [3.05, 3.63) is 58.7 Å². The van der Waals surface area contributed by atoms with Crippen LogP contribution in [-0.2, 0) is 11.2 Å². The molecule has 0 aromatic heterocycles. The molecule has 0 fully saturated rings. The molecule has 3 heteroatoms. The molecule has 1 amide bonds. The number of carbonyl (C=O) groups excluding carboxylic acids is 1. The Morgan fingerprint density at radius 3 is 2.29 bits per heavy atom. The first-order valence-electron chi connectivity index (χ1n) is 7.18. The summed E-state index contributed by atoms with van der Waals surface area (Å²) in [5.74, 6) is 0.0363. The molecule has 21 heavy (non-hydrogen) atoms. The van der Waals surface area contributed by atoms with Gasteiger partial charge in [0.15, 0.2) is 0 Å². The third-order valence-corrected chi connectivity index (χ3v) is 3.70. The number of nitrogens with one attached hydrogen (secondary N) is 1. The van der Waals surface area contributed by atoms with Crippen LogP contribution in [0.15, 0.2) is 36.4 Å². The Morgan fingerprint density at radius 1 is 1.05 bits per heavy atom. The summed E-state index contributed by atoms with van der Waals surface area (Å²) in [4.78, 5) is 12.1. The van der Waals surface area contributed by atoms with Crippen molar-refractivity contribution in [2.24, 2.45) is 0 Å².